The lowest BCUT2D eigenvalue weighted by Crippen LogP contribution is -2.39. The summed E-state index contributed by atoms with van der Waals surface area (Å²) in [7, 11) is 0. The molecule has 6 heteroatoms. The summed E-state index contributed by atoms with van der Waals surface area (Å²) in [6.07, 6.45) is 1.98. The normalized spacial score (nSPS) is 18.2. The molecule has 1 aromatic heterocycles. The Bertz CT molecular complexity index is 421. The zero-order valence-corrected chi connectivity index (χ0v) is 10.9. The van der Waals surface area contributed by atoms with Crippen molar-refractivity contribution in [1.29, 1.82) is 5.26 Å². The van der Waals surface area contributed by atoms with E-state index < -0.39 is 0 Å². The van der Waals surface area contributed by atoms with Crippen LogP contribution in [0, 0.1) is 11.3 Å². The van der Waals surface area contributed by atoms with Crippen LogP contribution in [0.15, 0.2) is 12.1 Å². The Hall–Kier alpha value is -1.09. The minimum atomic E-state index is -0.0320. The molecule has 1 saturated heterocycles. The van der Waals surface area contributed by atoms with Gasteiger partial charge in [0.2, 0.25) is 5.91 Å². The maximum atomic E-state index is 11.7. The zero-order valence-electron chi connectivity index (χ0n) is 9.23. The molecule has 1 aliphatic rings. The lowest BCUT2D eigenvalue weighted by Gasteiger charge is -2.09. The molecule has 0 aliphatic carbocycles. The van der Waals surface area contributed by atoms with E-state index in [4.69, 9.17) is 5.26 Å². The van der Waals surface area contributed by atoms with Crippen LogP contribution in [0.4, 0.5) is 0 Å². The highest BCUT2D eigenvalue weighted by molar-refractivity contribution is 7.12. The zero-order chi connectivity index (χ0) is 11.4. The second-order valence-corrected chi connectivity index (χ2v) is 4.91. The van der Waals surface area contributed by atoms with Crippen LogP contribution in [0.25, 0.3) is 0 Å². The summed E-state index contributed by atoms with van der Waals surface area (Å²) < 4.78 is 0. The number of halogens is 1. The highest BCUT2D eigenvalue weighted by atomic mass is 35.5. The highest BCUT2D eigenvalue weighted by Crippen LogP contribution is 2.15. The van der Waals surface area contributed by atoms with Crippen molar-refractivity contribution in [2.45, 2.75) is 25.4 Å². The van der Waals surface area contributed by atoms with E-state index in [2.05, 4.69) is 16.7 Å². The molecule has 2 heterocycles. The van der Waals surface area contributed by atoms with E-state index >= 15 is 0 Å². The highest BCUT2D eigenvalue weighted by Gasteiger charge is 2.21. The maximum absolute atomic E-state index is 11.7. The first kappa shape index (κ1) is 14.0. The molecule has 0 saturated carbocycles. The minimum absolute atomic E-state index is 0. The van der Waals surface area contributed by atoms with E-state index in [9.17, 15) is 4.79 Å². The number of hydrogen-bond acceptors (Lipinski definition) is 4. The summed E-state index contributed by atoms with van der Waals surface area (Å²) in [4.78, 5) is 13.4. The first-order chi connectivity index (χ1) is 7.79. The minimum Gasteiger partial charge on any atom is -0.350 e. The molecule has 1 aliphatic heterocycles. The van der Waals surface area contributed by atoms with E-state index in [1.807, 2.05) is 6.07 Å². The van der Waals surface area contributed by atoms with Gasteiger partial charge in [-0.05, 0) is 31.5 Å². The first-order valence-corrected chi connectivity index (χ1v) is 6.11. The summed E-state index contributed by atoms with van der Waals surface area (Å²) in [5.74, 6) is 0.0596. The molecule has 92 valence electrons. The average molecular weight is 272 g/mol. The van der Waals surface area contributed by atoms with Crippen LogP contribution in [-0.4, -0.2) is 18.5 Å². The number of carbonyl (C=O) groups excluding carboxylic acids is 1. The number of rotatable bonds is 3. The van der Waals surface area contributed by atoms with Crippen LogP contribution in [0.5, 0.6) is 0 Å². The smallest absolute Gasteiger partial charge is 0.237 e. The van der Waals surface area contributed by atoms with Gasteiger partial charge in [0.15, 0.2) is 0 Å². The fourth-order valence-electron chi connectivity index (χ4n) is 1.74. The molecule has 17 heavy (non-hydrogen) atoms. The topological polar surface area (TPSA) is 64.9 Å². The Morgan fingerprint density at radius 2 is 2.47 bits per heavy atom. The summed E-state index contributed by atoms with van der Waals surface area (Å²) in [5.41, 5.74) is 0. The first-order valence-electron chi connectivity index (χ1n) is 5.29. The molecule has 1 atom stereocenters. The van der Waals surface area contributed by atoms with Gasteiger partial charge in [0.25, 0.3) is 0 Å². The third-order valence-corrected chi connectivity index (χ3v) is 3.58. The predicted molar refractivity (Wildman–Crippen MR) is 69.2 cm³/mol. The van der Waals surface area contributed by atoms with Crippen molar-refractivity contribution in [3.63, 3.8) is 0 Å². The molecule has 1 aromatic rings. The molecule has 1 fully saturated rings. The van der Waals surface area contributed by atoms with Crippen molar-refractivity contribution in [2.24, 2.45) is 0 Å². The second kappa shape index (κ2) is 6.60. The van der Waals surface area contributed by atoms with E-state index in [-0.39, 0.29) is 24.4 Å². The van der Waals surface area contributed by atoms with Gasteiger partial charge >= 0.3 is 0 Å². The van der Waals surface area contributed by atoms with Crippen molar-refractivity contribution in [2.75, 3.05) is 6.54 Å². The molecule has 0 spiro atoms. The summed E-state index contributed by atoms with van der Waals surface area (Å²) in [6.45, 7) is 1.44. The molecule has 1 amide bonds. The number of nitrogens with one attached hydrogen (secondary N) is 2. The number of amides is 1. The van der Waals surface area contributed by atoms with Crippen molar-refractivity contribution in [1.82, 2.24) is 10.6 Å². The Balaban J connectivity index is 0.00000144. The molecule has 0 unspecified atom stereocenters. The van der Waals surface area contributed by atoms with E-state index in [0.29, 0.717) is 11.4 Å². The molecule has 2 rings (SSSR count). The number of hydrogen-bond donors (Lipinski definition) is 2. The fraction of sp³-hybridized carbons (Fsp3) is 0.455. The Morgan fingerprint density at radius 1 is 1.65 bits per heavy atom. The fourth-order valence-corrected chi connectivity index (χ4v) is 2.48. The maximum Gasteiger partial charge on any atom is 0.237 e. The van der Waals surface area contributed by atoms with E-state index in [1.165, 1.54) is 11.3 Å². The van der Waals surface area contributed by atoms with Crippen molar-refractivity contribution < 1.29 is 4.79 Å². The average Bonchev–Trinajstić information content (AvgIpc) is 2.96. The molecule has 0 radical (unpaired) electrons. The Kier molecular flexibility index (Phi) is 5.42. The van der Waals surface area contributed by atoms with E-state index in [1.54, 1.807) is 6.07 Å². The number of nitriles is 1. The van der Waals surface area contributed by atoms with Gasteiger partial charge in [0, 0.05) is 4.88 Å². The van der Waals surface area contributed by atoms with Gasteiger partial charge in [-0.1, -0.05) is 0 Å². The van der Waals surface area contributed by atoms with Crippen LogP contribution in [0.2, 0.25) is 0 Å². The number of carbonyl (C=O) groups is 1. The van der Waals surface area contributed by atoms with Crippen LogP contribution >= 0.6 is 23.7 Å². The lowest BCUT2D eigenvalue weighted by molar-refractivity contribution is -0.122. The van der Waals surface area contributed by atoms with Crippen molar-refractivity contribution in [3.05, 3.63) is 21.9 Å². The van der Waals surface area contributed by atoms with Crippen LogP contribution in [0.1, 0.15) is 22.6 Å². The van der Waals surface area contributed by atoms with Crippen molar-refractivity contribution >= 4 is 29.7 Å². The third kappa shape index (κ3) is 3.70. The molecule has 0 bridgehead atoms. The van der Waals surface area contributed by atoms with Crippen molar-refractivity contribution in [3.8, 4) is 6.07 Å². The standard InChI is InChI=1S/C11H13N3OS.ClH/c12-6-8-3-4-9(16-8)7-14-11(15)10-2-1-5-13-10;/h3-4,10,13H,1-2,5,7H2,(H,14,15);1H/t10-;/m0./s1. The summed E-state index contributed by atoms with van der Waals surface area (Å²) in [6, 6.07) is 5.71. The molecule has 0 aromatic carbocycles. The quantitative estimate of drug-likeness (QED) is 0.874. The Labute approximate surface area is 110 Å². The van der Waals surface area contributed by atoms with E-state index in [0.717, 1.165) is 24.3 Å². The molecular formula is C11H14ClN3OS. The summed E-state index contributed by atoms with van der Waals surface area (Å²) in [5, 5.41) is 14.7. The largest absolute Gasteiger partial charge is 0.350 e. The van der Waals surface area contributed by atoms with Crippen LogP contribution < -0.4 is 10.6 Å². The predicted octanol–water partition coefficient (Wildman–Crippen LogP) is 1.41. The lowest BCUT2D eigenvalue weighted by atomic mass is 10.2. The van der Waals surface area contributed by atoms with Crippen LogP contribution in [-0.2, 0) is 11.3 Å². The number of nitrogens with zero attached hydrogens (tertiary/aromatic N) is 1. The number of thiophene rings is 1. The van der Waals surface area contributed by atoms with Gasteiger partial charge in [-0.2, -0.15) is 5.26 Å². The van der Waals surface area contributed by atoms with Gasteiger partial charge in [-0.15, -0.1) is 23.7 Å². The molecular weight excluding hydrogens is 258 g/mol. The van der Waals surface area contributed by atoms with Gasteiger partial charge in [0.05, 0.1) is 12.6 Å². The molecule has 4 nitrogen and oxygen atoms in total. The second-order valence-electron chi connectivity index (χ2n) is 3.74. The monoisotopic (exact) mass is 271 g/mol. The van der Waals surface area contributed by atoms with Crippen LogP contribution in [0.3, 0.4) is 0 Å². The Morgan fingerprint density at radius 3 is 3.06 bits per heavy atom. The van der Waals surface area contributed by atoms with Gasteiger partial charge in [-0.25, -0.2) is 0 Å². The molecule has 2 N–H and O–H groups in total. The third-order valence-electron chi connectivity index (χ3n) is 2.59. The SMILES string of the molecule is Cl.N#Cc1ccc(CNC(=O)[C@@H]2CCCN2)s1. The van der Waals surface area contributed by atoms with Gasteiger partial charge in [0.1, 0.15) is 10.9 Å². The van der Waals surface area contributed by atoms with Gasteiger partial charge < -0.3 is 10.6 Å². The van der Waals surface area contributed by atoms with Gasteiger partial charge in [-0.3, -0.25) is 4.79 Å². The summed E-state index contributed by atoms with van der Waals surface area (Å²) >= 11 is 1.42.